The summed E-state index contributed by atoms with van der Waals surface area (Å²) in [5.41, 5.74) is 3.94. The van der Waals surface area contributed by atoms with Crippen molar-refractivity contribution >= 4 is 40.8 Å². The van der Waals surface area contributed by atoms with E-state index in [1.165, 1.54) is 54.1 Å². The second-order valence-corrected chi connectivity index (χ2v) is 6.54. The topological polar surface area (TPSA) is 52.2 Å². The summed E-state index contributed by atoms with van der Waals surface area (Å²) in [7, 11) is 1.86. The number of benzene rings is 1. The molecule has 0 spiro atoms. The van der Waals surface area contributed by atoms with Crippen LogP contribution in [0.5, 0.6) is 0 Å². The van der Waals surface area contributed by atoms with Crippen LogP contribution in [0, 0.1) is 6.92 Å². The fraction of sp³-hybridized carbons (Fsp3) is 0.526. The van der Waals surface area contributed by atoms with Gasteiger partial charge < -0.3 is 15.6 Å². The molecule has 0 atom stereocenters. The molecule has 1 aromatic carbocycles. The quantitative estimate of drug-likeness (QED) is 0.381. The summed E-state index contributed by atoms with van der Waals surface area (Å²) in [5.74, 6) is 0.938. The number of nitrogens with one attached hydrogen (secondary N) is 3. The minimum absolute atomic E-state index is 0. The summed E-state index contributed by atoms with van der Waals surface area (Å²) in [6.45, 7) is 3.07. The second kappa shape index (κ2) is 9.30. The maximum atomic E-state index is 4.37. The molecule has 0 unspecified atom stereocenters. The van der Waals surface area contributed by atoms with E-state index in [-0.39, 0.29) is 24.0 Å². The average Bonchev–Trinajstić information content (AvgIpc) is 2.99. The zero-order valence-electron chi connectivity index (χ0n) is 14.7. The van der Waals surface area contributed by atoms with E-state index in [2.05, 4.69) is 51.9 Å². The number of aryl methyl sites for hydroxylation is 1. The molecule has 3 rings (SSSR count). The van der Waals surface area contributed by atoms with Crippen molar-refractivity contribution in [1.29, 1.82) is 0 Å². The Balaban J connectivity index is 0.00000208. The number of aromatic nitrogens is 1. The zero-order valence-corrected chi connectivity index (χ0v) is 17.0. The van der Waals surface area contributed by atoms with E-state index >= 15 is 0 Å². The molecule has 1 aliphatic carbocycles. The Kier molecular flexibility index (Phi) is 7.40. The van der Waals surface area contributed by atoms with Gasteiger partial charge in [0.25, 0.3) is 0 Å². The Morgan fingerprint density at radius 3 is 2.79 bits per heavy atom. The standard InChI is InChI=1S/C19H28N4.HI/c1-14-7-6-10-17-18(14)15(13-22-17)11-12-21-19(20-2)23-16-8-4-3-5-9-16;/h6-7,10,13,16,22H,3-5,8-9,11-12H2,1-2H3,(H2,20,21,23);1H. The van der Waals surface area contributed by atoms with Crippen molar-refractivity contribution in [2.45, 2.75) is 51.5 Å². The van der Waals surface area contributed by atoms with Crippen LogP contribution in [0.2, 0.25) is 0 Å². The molecule has 132 valence electrons. The van der Waals surface area contributed by atoms with E-state index in [1.807, 2.05) is 7.05 Å². The highest BCUT2D eigenvalue weighted by Crippen LogP contribution is 2.22. The molecular formula is C19H29IN4. The Labute approximate surface area is 161 Å². The summed E-state index contributed by atoms with van der Waals surface area (Å²) in [5, 5.41) is 8.39. The van der Waals surface area contributed by atoms with Gasteiger partial charge in [-0.2, -0.15) is 0 Å². The Morgan fingerprint density at radius 1 is 1.25 bits per heavy atom. The van der Waals surface area contributed by atoms with E-state index in [0.717, 1.165) is 18.9 Å². The van der Waals surface area contributed by atoms with E-state index in [0.29, 0.717) is 6.04 Å². The number of H-pyrrole nitrogens is 1. The number of aromatic amines is 1. The second-order valence-electron chi connectivity index (χ2n) is 6.54. The lowest BCUT2D eigenvalue weighted by Crippen LogP contribution is -2.44. The first-order valence-electron chi connectivity index (χ1n) is 8.80. The van der Waals surface area contributed by atoms with E-state index in [9.17, 15) is 0 Å². The Bertz CT molecular complexity index is 671. The predicted octanol–water partition coefficient (Wildman–Crippen LogP) is 4.13. The molecular weight excluding hydrogens is 411 g/mol. The molecule has 1 aromatic heterocycles. The van der Waals surface area contributed by atoms with Gasteiger partial charge in [-0.1, -0.05) is 31.4 Å². The molecule has 0 radical (unpaired) electrons. The summed E-state index contributed by atoms with van der Waals surface area (Å²) < 4.78 is 0. The molecule has 0 bridgehead atoms. The van der Waals surface area contributed by atoms with Crippen LogP contribution in [0.3, 0.4) is 0 Å². The average molecular weight is 440 g/mol. The van der Waals surface area contributed by atoms with Crippen molar-refractivity contribution in [2.24, 2.45) is 4.99 Å². The first-order valence-corrected chi connectivity index (χ1v) is 8.80. The third kappa shape index (κ3) is 4.65. The van der Waals surface area contributed by atoms with Crippen molar-refractivity contribution < 1.29 is 0 Å². The van der Waals surface area contributed by atoms with Crippen LogP contribution < -0.4 is 10.6 Å². The third-order valence-corrected chi connectivity index (χ3v) is 4.85. The SMILES string of the molecule is CN=C(NCCc1c[nH]c2cccc(C)c12)NC1CCCCC1.I. The molecule has 1 heterocycles. The number of rotatable bonds is 4. The molecule has 1 aliphatic rings. The molecule has 3 N–H and O–H groups in total. The first kappa shape index (κ1) is 19.1. The Hall–Kier alpha value is -1.24. The largest absolute Gasteiger partial charge is 0.361 e. The number of guanidine groups is 1. The van der Waals surface area contributed by atoms with Crippen molar-refractivity contribution in [1.82, 2.24) is 15.6 Å². The van der Waals surface area contributed by atoms with Crippen LogP contribution in [-0.4, -0.2) is 30.6 Å². The summed E-state index contributed by atoms with van der Waals surface area (Å²) >= 11 is 0. The maximum absolute atomic E-state index is 4.37. The van der Waals surface area contributed by atoms with Gasteiger partial charge in [0.1, 0.15) is 0 Å². The summed E-state index contributed by atoms with van der Waals surface area (Å²) in [4.78, 5) is 7.74. The van der Waals surface area contributed by atoms with Gasteiger partial charge >= 0.3 is 0 Å². The van der Waals surface area contributed by atoms with Gasteiger partial charge in [0.05, 0.1) is 0 Å². The maximum Gasteiger partial charge on any atom is 0.191 e. The van der Waals surface area contributed by atoms with Crippen LogP contribution in [0.15, 0.2) is 29.4 Å². The number of aliphatic imine (C=N–C) groups is 1. The van der Waals surface area contributed by atoms with Gasteiger partial charge in [0.2, 0.25) is 0 Å². The molecule has 5 heteroatoms. The monoisotopic (exact) mass is 440 g/mol. The lowest BCUT2D eigenvalue weighted by molar-refractivity contribution is 0.410. The lowest BCUT2D eigenvalue weighted by atomic mass is 9.96. The van der Waals surface area contributed by atoms with Crippen LogP contribution in [-0.2, 0) is 6.42 Å². The molecule has 1 fully saturated rings. The van der Waals surface area contributed by atoms with Crippen molar-refractivity contribution in [3.05, 3.63) is 35.5 Å². The predicted molar refractivity (Wildman–Crippen MR) is 114 cm³/mol. The van der Waals surface area contributed by atoms with Crippen LogP contribution in [0.25, 0.3) is 10.9 Å². The number of halogens is 1. The van der Waals surface area contributed by atoms with Crippen molar-refractivity contribution in [3.8, 4) is 0 Å². The van der Waals surface area contributed by atoms with Gasteiger partial charge in [0.15, 0.2) is 5.96 Å². The molecule has 0 amide bonds. The summed E-state index contributed by atoms with van der Waals surface area (Å²) in [6.07, 6.45) is 9.72. The molecule has 4 nitrogen and oxygen atoms in total. The van der Waals surface area contributed by atoms with Crippen molar-refractivity contribution in [2.75, 3.05) is 13.6 Å². The van der Waals surface area contributed by atoms with E-state index < -0.39 is 0 Å². The van der Waals surface area contributed by atoms with E-state index in [1.54, 1.807) is 0 Å². The number of fused-ring (bicyclic) bond motifs is 1. The van der Waals surface area contributed by atoms with Crippen molar-refractivity contribution in [3.63, 3.8) is 0 Å². The fourth-order valence-corrected chi connectivity index (χ4v) is 3.60. The normalized spacial score (nSPS) is 16.0. The van der Waals surface area contributed by atoms with E-state index in [4.69, 9.17) is 0 Å². The molecule has 24 heavy (non-hydrogen) atoms. The highest BCUT2D eigenvalue weighted by atomic mass is 127. The minimum Gasteiger partial charge on any atom is -0.361 e. The van der Waals surface area contributed by atoms with Gasteiger partial charge in [-0.25, -0.2) is 0 Å². The van der Waals surface area contributed by atoms with Gasteiger partial charge in [-0.05, 0) is 43.4 Å². The van der Waals surface area contributed by atoms with Crippen LogP contribution >= 0.6 is 24.0 Å². The molecule has 0 saturated heterocycles. The smallest absolute Gasteiger partial charge is 0.191 e. The Morgan fingerprint density at radius 2 is 2.04 bits per heavy atom. The van der Waals surface area contributed by atoms with Gasteiger partial charge in [-0.3, -0.25) is 4.99 Å². The zero-order chi connectivity index (χ0) is 16.1. The number of hydrogen-bond acceptors (Lipinski definition) is 1. The van der Waals surface area contributed by atoms with Crippen LogP contribution in [0.1, 0.15) is 43.2 Å². The molecule has 2 aromatic rings. The van der Waals surface area contributed by atoms with Gasteiger partial charge in [0, 0.05) is 36.7 Å². The molecule has 0 aliphatic heterocycles. The summed E-state index contributed by atoms with van der Waals surface area (Å²) in [6, 6.07) is 7.01. The molecule has 1 saturated carbocycles. The first-order chi connectivity index (χ1) is 11.3. The number of nitrogens with zero attached hydrogens (tertiary/aromatic N) is 1. The number of hydrogen-bond donors (Lipinski definition) is 3. The third-order valence-electron chi connectivity index (χ3n) is 4.85. The highest BCUT2D eigenvalue weighted by Gasteiger charge is 2.14. The lowest BCUT2D eigenvalue weighted by Gasteiger charge is -2.24. The fourth-order valence-electron chi connectivity index (χ4n) is 3.60. The van der Waals surface area contributed by atoms with Gasteiger partial charge in [-0.15, -0.1) is 24.0 Å². The van der Waals surface area contributed by atoms with Crippen LogP contribution in [0.4, 0.5) is 0 Å². The highest BCUT2D eigenvalue weighted by molar-refractivity contribution is 14.0. The minimum atomic E-state index is 0.